The van der Waals surface area contributed by atoms with Gasteiger partial charge < -0.3 is 18.9 Å². The van der Waals surface area contributed by atoms with Crippen molar-refractivity contribution < 1.29 is 28.5 Å². The highest BCUT2D eigenvalue weighted by molar-refractivity contribution is 5.79. The maximum absolute atomic E-state index is 11.4. The van der Waals surface area contributed by atoms with Gasteiger partial charge in [0.1, 0.15) is 0 Å². The highest BCUT2D eigenvalue weighted by Gasteiger charge is 2.40. The standard InChI is InChI=1S/C9H16O6/c1-12-7(10)5-6-9(14-3,15-4)8(11)13-2/h5-6H2,1-4H3. The van der Waals surface area contributed by atoms with Gasteiger partial charge in [0.25, 0.3) is 5.79 Å². The molecule has 6 heteroatoms. The van der Waals surface area contributed by atoms with Crippen molar-refractivity contribution in [2.45, 2.75) is 18.6 Å². The van der Waals surface area contributed by atoms with Gasteiger partial charge in [0.15, 0.2) is 0 Å². The molecule has 0 aliphatic carbocycles. The smallest absolute Gasteiger partial charge is 0.366 e. The van der Waals surface area contributed by atoms with Crippen LogP contribution in [-0.2, 0) is 28.5 Å². The summed E-state index contributed by atoms with van der Waals surface area (Å²) in [5, 5.41) is 0. The van der Waals surface area contributed by atoms with Crippen LogP contribution in [0.2, 0.25) is 0 Å². The molecule has 0 spiro atoms. The summed E-state index contributed by atoms with van der Waals surface area (Å²) in [5.41, 5.74) is 0. The van der Waals surface area contributed by atoms with E-state index in [9.17, 15) is 9.59 Å². The number of hydrogen-bond acceptors (Lipinski definition) is 6. The summed E-state index contributed by atoms with van der Waals surface area (Å²) in [5.74, 6) is -2.67. The molecule has 0 radical (unpaired) electrons. The van der Waals surface area contributed by atoms with Crippen LogP contribution in [0.1, 0.15) is 12.8 Å². The van der Waals surface area contributed by atoms with E-state index in [1.807, 2.05) is 0 Å². The highest BCUT2D eigenvalue weighted by Crippen LogP contribution is 2.20. The van der Waals surface area contributed by atoms with E-state index in [-0.39, 0.29) is 12.8 Å². The Balaban J connectivity index is 4.50. The van der Waals surface area contributed by atoms with E-state index in [1.54, 1.807) is 0 Å². The maximum atomic E-state index is 11.4. The van der Waals surface area contributed by atoms with Crippen molar-refractivity contribution in [1.29, 1.82) is 0 Å². The highest BCUT2D eigenvalue weighted by atomic mass is 16.7. The van der Waals surface area contributed by atoms with E-state index < -0.39 is 17.7 Å². The van der Waals surface area contributed by atoms with Crippen LogP contribution in [0, 0.1) is 0 Å². The molecule has 0 saturated carbocycles. The SMILES string of the molecule is COC(=O)CCC(OC)(OC)C(=O)OC. The van der Waals surface area contributed by atoms with Gasteiger partial charge in [-0.15, -0.1) is 0 Å². The predicted molar refractivity (Wildman–Crippen MR) is 50.0 cm³/mol. The third-order valence-electron chi connectivity index (χ3n) is 2.04. The molecule has 88 valence electrons. The summed E-state index contributed by atoms with van der Waals surface area (Å²) < 4.78 is 18.8. The van der Waals surface area contributed by atoms with Gasteiger partial charge >= 0.3 is 11.9 Å². The summed E-state index contributed by atoms with van der Waals surface area (Å²) in [6, 6.07) is 0. The molecule has 0 atom stereocenters. The Morgan fingerprint density at radius 2 is 1.53 bits per heavy atom. The van der Waals surface area contributed by atoms with Crippen LogP contribution in [0.25, 0.3) is 0 Å². The fourth-order valence-corrected chi connectivity index (χ4v) is 1.08. The number of hydrogen-bond donors (Lipinski definition) is 0. The first kappa shape index (κ1) is 13.9. The molecule has 0 unspecified atom stereocenters. The average molecular weight is 220 g/mol. The Morgan fingerprint density at radius 3 is 1.87 bits per heavy atom. The van der Waals surface area contributed by atoms with Crippen molar-refractivity contribution in [2.75, 3.05) is 28.4 Å². The Bertz CT molecular complexity index is 221. The number of carbonyl (C=O) groups is 2. The third kappa shape index (κ3) is 3.49. The van der Waals surface area contributed by atoms with Gasteiger partial charge in [-0.05, 0) is 0 Å². The molecule has 0 N–H and O–H groups in total. The van der Waals surface area contributed by atoms with Crippen LogP contribution < -0.4 is 0 Å². The quantitative estimate of drug-likeness (QED) is 0.467. The second-order valence-corrected chi connectivity index (χ2v) is 2.73. The molecule has 0 aromatic carbocycles. The van der Waals surface area contributed by atoms with Gasteiger partial charge in [-0.3, -0.25) is 4.79 Å². The van der Waals surface area contributed by atoms with Crippen LogP contribution in [0.3, 0.4) is 0 Å². The van der Waals surface area contributed by atoms with E-state index in [4.69, 9.17) is 9.47 Å². The molecule has 15 heavy (non-hydrogen) atoms. The van der Waals surface area contributed by atoms with Crippen molar-refractivity contribution in [3.63, 3.8) is 0 Å². The van der Waals surface area contributed by atoms with E-state index in [0.717, 1.165) is 0 Å². The van der Waals surface area contributed by atoms with Crippen LogP contribution in [0.15, 0.2) is 0 Å². The van der Waals surface area contributed by atoms with Gasteiger partial charge in [-0.1, -0.05) is 0 Å². The van der Waals surface area contributed by atoms with Gasteiger partial charge in [0.2, 0.25) is 0 Å². The number of esters is 2. The van der Waals surface area contributed by atoms with Gasteiger partial charge in [-0.2, -0.15) is 0 Å². The van der Waals surface area contributed by atoms with Gasteiger partial charge in [0, 0.05) is 20.6 Å². The van der Waals surface area contributed by atoms with E-state index in [1.165, 1.54) is 28.4 Å². The molecule has 0 saturated heterocycles. The number of rotatable bonds is 6. The maximum Gasteiger partial charge on any atom is 0.366 e. The van der Waals surface area contributed by atoms with Crippen molar-refractivity contribution in [3.05, 3.63) is 0 Å². The number of carbonyl (C=O) groups excluding carboxylic acids is 2. The van der Waals surface area contributed by atoms with Crippen LogP contribution >= 0.6 is 0 Å². The molecule has 0 aliphatic heterocycles. The molecule has 0 amide bonds. The fraction of sp³-hybridized carbons (Fsp3) is 0.778. The summed E-state index contributed by atoms with van der Waals surface area (Å²) >= 11 is 0. The normalized spacial score (nSPS) is 10.9. The Morgan fingerprint density at radius 1 is 1.00 bits per heavy atom. The number of methoxy groups -OCH3 is 4. The van der Waals surface area contributed by atoms with Gasteiger partial charge in [0.05, 0.1) is 20.6 Å². The first-order valence-corrected chi connectivity index (χ1v) is 4.31. The summed E-state index contributed by atoms with van der Waals surface area (Å²) in [4.78, 5) is 22.3. The molecular formula is C9H16O6. The molecule has 0 aromatic heterocycles. The molecule has 0 rings (SSSR count). The second kappa shape index (κ2) is 6.36. The van der Waals surface area contributed by atoms with E-state index in [0.29, 0.717) is 0 Å². The van der Waals surface area contributed by atoms with Crippen molar-refractivity contribution in [3.8, 4) is 0 Å². The lowest BCUT2D eigenvalue weighted by Gasteiger charge is -2.27. The molecular weight excluding hydrogens is 204 g/mol. The zero-order valence-corrected chi connectivity index (χ0v) is 9.36. The topological polar surface area (TPSA) is 71.1 Å². The fourth-order valence-electron chi connectivity index (χ4n) is 1.08. The van der Waals surface area contributed by atoms with Gasteiger partial charge in [-0.25, -0.2) is 4.79 Å². The largest absolute Gasteiger partial charge is 0.469 e. The minimum absolute atomic E-state index is 0.00722. The molecule has 0 aromatic rings. The Kier molecular flexibility index (Phi) is 5.88. The zero-order valence-electron chi connectivity index (χ0n) is 9.36. The second-order valence-electron chi connectivity index (χ2n) is 2.73. The molecule has 6 nitrogen and oxygen atoms in total. The Labute approximate surface area is 88.4 Å². The van der Waals surface area contributed by atoms with E-state index >= 15 is 0 Å². The summed E-state index contributed by atoms with van der Waals surface area (Å²) in [7, 11) is 5.09. The molecule has 0 bridgehead atoms. The molecule has 0 heterocycles. The lowest BCUT2D eigenvalue weighted by molar-refractivity contribution is -0.230. The lowest BCUT2D eigenvalue weighted by Crippen LogP contribution is -2.44. The monoisotopic (exact) mass is 220 g/mol. The zero-order chi connectivity index (χ0) is 11.9. The molecule has 0 aliphatic rings. The third-order valence-corrected chi connectivity index (χ3v) is 2.04. The van der Waals surface area contributed by atoms with Crippen molar-refractivity contribution in [1.82, 2.24) is 0 Å². The number of ether oxygens (including phenoxy) is 4. The average Bonchev–Trinajstić information content (AvgIpc) is 2.29. The molecule has 0 fully saturated rings. The van der Waals surface area contributed by atoms with Crippen LogP contribution in [-0.4, -0.2) is 46.2 Å². The van der Waals surface area contributed by atoms with Crippen LogP contribution in [0.4, 0.5) is 0 Å². The predicted octanol–water partition coefficient (Wildman–Crippen LogP) is 0.102. The first-order chi connectivity index (χ1) is 7.06. The van der Waals surface area contributed by atoms with Crippen molar-refractivity contribution >= 4 is 11.9 Å². The first-order valence-electron chi connectivity index (χ1n) is 4.31. The minimum atomic E-state index is -1.54. The lowest BCUT2D eigenvalue weighted by atomic mass is 10.1. The van der Waals surface area contributed by atoms with Crippen molar-refractivity contribution in [2.24, 2.45) is 0 Å². The van der Waals surface area contributed by atoms with Crippen LogP contribution in [0.5, 0.6) is 0 Å². The Hall–Kier alpha value is -1.14. The minimum Gasteiger partial charge on any atom is -0.469 e. The summed E-state index contributed by atoms with van der Waals surface area (Å²) in [6.45, 7) is 0. The summed E-state index contributed by atoms with van der Waals surface area (Å²) in [6.07, 6.45) is 0.0482. The van der Waals surface area contributed by atoms with E-state index in [2.05, 4.69) is 9.47 Å².